The molecule has 1 unspecified atom stereocenters. The molecule has 1 amide bonds. The van der Waals surface area contributed by atoms with Crippen LogP contribution in [0.5, 0.6) is 0 Å². The van der Waals surface area contributed by atoms with Crippen LogP contribution in [0.3, 0.4) is 0 Å². The van der Waals surface area contributed by atoms with Crippen molar-refractivity contribution >= 4 is 6.09 Å². The van der Waals surface area contributed by atoms with Crippen LogP contribution < -0.4 is 10.6 Å². The molecule has 0 spiro atoms. The molecule has 1 aliphatic carbocycles. The van der Waals surface area contributed by atoms with Gasteiger partial charge in [-0.05, 0) is 59.8 Å². The smallest absolute Gasteiger partial charge is 0.407 e. The number of carbonyl (C=O) groups excluding carboxylic acids is 1. The van der Waals surface area contributed by atoms with E-state index in [9.17, 15) is 9.90 Å². The average Bonchev–Trinajstić information content (AvgIpc) is 2.36. The highest BCUT2D eigenvalue weighted by Crippen LogP contribution is 2.20. The summed E-state index contributed by atoms with van der Waals surface area (Å²) in [7, 11) is 0. The van der Waals surface area contributed by atoms with E-state index in [1.54, 1.807) is 0 Å². The van der Waals surface area contributed by atoms with Gasteiger partial charge in [-0.1, -0.05) is 6.92 Å². The number of carbonyl (C=O) groups is 1. The summed E-state index contributed by atoms with van der Waals surface area (Å²) < 4.78 is 5.28. The fourth-order valence-corrected chi connectivity index (χ4v) is 2.41. The number of aliphatic hydroxyl groups is 1. The normalized spacial score (nSPS) is 26.0. The lowest BCUT2D eigenvalue weighted by molar-refractivity contribution is 0.0468. The van der Waals surface area contributed by atoms with E-state index >= 15 is 0 Å². The van der Waals surface area contributed by atoms with E-state index in [4.69, 9.17) is 4.74 Å². The zero-order chi connectivity index (χ0) is 16.1. The molecule has 3 N–H and O–H groups in total. The molecule has 5 heteroatoms. The minimum Gasteiger partial charge on any atom is -0.444 e. The molecule has 0 bridgehead atoms. The Kier molecular flexibility index (Phi) is 6.47. The van der Waals surface area contributed by atoms with Crippen molar-refractivity contribution in [2.24, 2.45) is 0 Å². The van der Waals surface area contributed by atoms with Crippen molar-refractivity contribution in [3.8, 4) is 0 Å². The van der Waals surface area contributed by atoms with Gasteiger partial charge in [-0.15, -0.1) is 0 Å². The van der Waals surface area contributed by atoms with Crippen molar-refractivity contribution in [3.05, 3.63) is 0 Å². The highest BCUT2D eigenvalue weighted by Gasteiger charge is 2.26. The van der Waals surface area contributed by atoms with Gasteiger partial charge in [-0.2, -0.15) is 0 Å². The van der Waals surface area contributed by atoms with Crippen molar-refractivity contribution in [2.45, 2.75) is 90.0 Å². The van der Waals surface area contributed by atoms with Crippen LogP contribution in [0.2, 0.25) is 0 Å². The summed E-state index contributed by atoms with van der Waals surface area (Å²) in [5.41, 5.74) is -1.08. The van der Waals surface area contributed by atoms with Crippen LogP contribution in [-0.4, -0.2) is 41.0 Å². The van der Waals surface area contributed by atoms with E-state index in [1.165, 1.54) is 0 Å². The summed E-state index contributed by atoms with van der Waals surface area (Å²) in [5.74, 6) is 0. The molecule has 0 aliphatic heterocycles. The molecule has 1 rings (SSSR count). The van der Waals surface area contributed by atoms with Crippen LogP contribution in [0.25, 0.3) is 0 Å². The molecule has 1 aliphatic rings. The third-order valence-electron chi connectivity index (χ3n) is 3.98. The van der Waals surface area contributed by atoms with Gasteiger partial charge in [-0.3, -0.25) is 0 Å². The van der Waals surface area contributed by atoms with Crippen LogP contribution in [0.1, 0.15) is 66.7 Å². The number of ether oxygens (including phenoxy) is 1. The van der Waals surface area contributed by atoms with Crippen LogP contribution in [0.4, 0.5) is 4.79 Å². The number of hydrogen-bond donors (Lipinski definition) is 3. The largest absolute Gasteiger partial charge is 0.444 e. The summed E-state index contributed by atoms with van der Waals surface area (Å²) in [6.45, 7) is 10.1. The Balaban J connectivity index is 2.25. The Hall–Kier alpha value is -0.810. The summed E-state index contributed by atoms with van der Waals surface area (Å²) >= 11 is 0. The molecule has 0 saturated heterocycles. The summed E-state index contributed by atoms with van der Waals surface area (Å²) in [4.78, 5) is 11.7. The molecule has 5 nitrogen and oxygen atoms in total. The molecule has 0 heterocycles. The zero-order valence-electron chi connectivity index (χ0n) is 14.2. The number of rotatable bonds is 5. The lowest BCUT2D eigenvalue weighted by Gasteiger charge is -2.32. The summed E-state index contributed by atoms with van der Waals surface area (Å²) in [5, 5.41) is 16.4. The maximum atomic E-state index is 11.7. The van der Waals surface area contributed by atoms with E-state index in [1.807, 2.05) is 34.6 Å². The van der Waals surface area contributed by atoms with E-state index in [2.05, 4.69) is 10.6 Å². The Morgan fingerprint density at radius 2 is 1.67 bits per heavy atom. The van der Waals surface area contributed by atoms with Gasteiger partial charge in [0.25, 0.3) is 0 Å². The Morgan fingerprint density at radius 1 is 1.14 bits per heavy atom. The number of alkyl carbamates (subject to hydrolysis) is 1. The molecular formula is C16H32N2O3. The van der Waals surface area contributed by atoms with Gasteiger partial charge >= 0.3 is 6.09 Å². The van der Waals surface area contributed by atoms with Crippen molar-refractivity contribution < 1.29 is 14.6 Å². The van der Waals surface area contributed by atoms with Crippen molar-refractivity contribution in [1.29, 1.82) is 0 Å². The third-order valence-corrected chi connectivity index (χ3v) is 3.98. The second-order valence-corrected chi connectivity index (χ2v) is 7.43. The predicted octanol–water partition coefficient (Wildman–Crippen LogP) is 2.57. The minimum atomic E-state index is -0.633. The van der Waals surface area contributed by atoms with Gasteiger partial charge in [0.05, 0.1) is 5.60 Å². The summed E-state index contributed by atoms with van der Waals surface area (Å²) in [6.07, 6.45) is 4.35. The molecule has 0 radical (unpaired) electrons. The summed E-state index contributed by atoms with van der Waals surface area (Å²) in [6, 6.07) is 0.629. The molecule has 1 fully saturated rings. The van der Waals surface area contributed by atoms with Gasteiger partial charge in [0.2, 0.25) is 0 Å². The first-order chi connectivity index (χ1) is 9.61. The number of amides is 1. The quantitative estimate of drug-likeness (QED) is 0.730. The first kappa shape index (κ1) is 18.2. The lowest BCUT2D eigenvalue weighted by Crippen LogP contribution is -2.47. The number of nitrogens with one attached hydrogen (secondary N) is 2. The molecule has 0 aromatic carbocycles. The van der Waals surface area contributed by atoms with Gasteiger partial charge in [0.1, 0.15) is 5.60 Å². The maximum absolute atomic E-state index is 11.7. The second kappa shape index (κ2) is 7.45. The first-order valence-corrected chi connectivity index (χ1v) is 8.06. The lowest BCUT2D eigenvalue weighted by atomic mass is 9.90. The molecular weight excluding hydrogens is 268 g/mol. The second-order valence-electron chi connectivity index (χ2n) is 7.43. The average molecular weight is 300 g/mol. The topological polar surface area (TPSA) is 70.6 Å². The van der Waals surface area contributed by atoms with Gasteiger partial charge < -0.3 is 20.5 Å². The SMILES string of the molecule is CCC(C)(O)CNC1CCC(NC(=O)OC(C)(C)C)CC1. The minimum absolute atomic E-state index is 0.199. The fraction of sp³-hybridized carbons (Fsp3) is 0.938. The van der Waals surface area contributed by atoms with Crippen molar-refractivity contribution in [2.75, 3.05) is 6.54 Å². The zero-order valence-corrected chi connectivity index (χ0v) is 14.2. The van der Waals surface area contributed by atoms with E-state index in [0.717, 1.165) is 32.1 Å². The number of hydrogen-bond acceptors (Lipinski definition) is 4. The Labute approximate surface area is 128 Å². The van der Waals surface area contributed by atoms with E-state index in [0.29, 0.717) is 12.6 Å². The molecule has 1 saturated carbocycles. The molecule has 21 heavy (non-hydrogen) atoms. The predicted molar refractivity (Wildman–Crippen MR) is 84.3 cm³/mol. The molecule has 0 aromatic rings. The first-order valence-electron chi connectivity index (χ1n) is 8.06. The van der Waals surface area contributed by atoms with Gasteiger partial charge in [0.15, 0.2) is 0 Å². The maximum Gasteiger partial charge on any atom is 0.407 e. The monoisotopic (exact) mass is 300 g/mol. The van der Waals surface area contributed by atoms with Gasteiger partial charge in [0, 0.05) is 18.6 Å². The van der Waals surface area contributed by atoms with Gasteiger partial charge in [-0.25, -0.2) is 4.79 Å². The Bertz CT molecular complexity index is 329. The molecule has 0 aromatic heterocycles. The van der Waals surface area contributed by atoms with Crippen LogP contribution in [0, 0.1) is 0 Å². The highest BCUT2D eigenvalue weighted by molar-refractivity contribution is 5.68. The van der Waals surface area contributed by atoms with Crippen molar-refractivity contribution in [3.63, 3.8) is 0 Å². The van der Waals surface area contributed by atoms with Crippen LogP contribution in [0.15, 0.2) is 0 Å². The van der Waals surface area contributed by atoms with E-state index < -0.39 is 11.2 Å². The van der Waals surface area contributed by atoms with Crippen molar-refractivity contribution in [1.82, 2.24) is 10.6 Å². The Morgan fingerprint density at radius 3 is 2.14 bits per heavy atom. The van der Waals surface area contributed by atoms with E-state index in [-0.39, 0.29) is 12.1 Å². The standard InChI is InChI=1S/C16H32N2O3/c1-6-16(5,20)11-17-12-7-9-13(10-8-12)18-14(19)21-15(2,3)4/h12-13,17,20H,6-11H2,1-5H3,(H,18,19). The highest BCUT2D eigenvalue weighted by atomic mass is 16.6. The molecule has 124 valence electrons. The third kappa shape index (κ3) is 7.67. The fourth-order valence-electron chi connectivity index (χ4n) is 2.41. The van der Waals surface area contributed by atoms with Crippen LogP contribution >= 0.6 is 0 Å². The molecule has 1 atom stereocenters. The van der Waals surface area contributed by atoms with Crippen LogP contribution in [-0.2, 0) is 4.74 Å².